The zero-order valence-electron chi connectivity index (χ0n) is 23.6. The lowest BCUT2D eigenvalue weighted by atomic mass is 9.66. The first-order chi connectivity index (χ1) is 18.6. The largest absolute Gasteiger partial charge is 0.450 e. The molecule has 3 aromatic rings. The fourth-order valence-corrected chi connectivity index (χ4v) is 4.86. The Balaban J connectivity index is 2.03. The Labute approximate surface area is 231 Å². The number of carbonyl (C=O) groups excluding carboxylic acids is 3. The number of hydrogen-bond donors (Lipinski definition) is 2. The SMILES string of the molecule is CCCOC(=O)N[C@](Cn1cnc(-c2ccccc2)c1)(C(=O)C(=O)N[C@H](C)c1ccccc1)C(C)(C)CCC. The third kappa shape index (κ3) is 7.13. The Morgan fingerprint density at radius 3 is 2.23 bits per heavy atom. The molecular formula is C31H40N4O4. The summed E-state index contributed by atoms with van der Waals surface area (Å²) in [6.07, 6.45) is 4.66. The number of carbonyl (C=O) groups is 3. The van der Waals surface area contributed by atoms with E-state index in [1.807, 2.05) is 101 Å². The standard InChI is InChI=1S/C31H40N4O4/c1-6-18-30(4,5)31(34-29(38)39-19-7-2,21-35-20-26(32-22-35)25-16-12-9-13-17-25)27(36)28(37)33-23(3)24-14-10-8-11-15-24/h8-17,20,22-23H,6-7,18-19,21H2,1-5H3,(H,33,37)(H,34,38)/t23-,31-/m1/s1. The van der Waals surface area contributed by atoms with E-state index in [1.54, 1.807) is 10.9 Å². The van der Waals surface area contributed by atoms with Crippen molar-refractivity contribution in [2.75, 3.05) is 6.61 Å². The molecule has 0 fully saturated rings. The summed E-state index contributed by atoms with van der Waals surface area (Å²) in [5.74, 6) is -1.50. The Bertz CT molecular complexity index is 1240. The quantitative estimate of drug-likeness (QED) is 0.275. The number of nitrogens with zero attached hydrogens (tertiary/aromatic N) is 2. The van der Waals surface area contributed by atoms with Crippen LogP contribution >= 0.6 is 0 Å². The average Bonchev–Trinajstić information content (AvgIpc) is 3.40. The van der Waals surface area contributed by atoms with Gasteiger partial charge in [0.15, 0.2) is 0 Å². The highest BCUT2D eigenvalue weighted by Crippen LogP contribution is 2.39. The van der Waals surface area contributed by atoms with Crippen LogP contribution in [0.15, 0.2) is 73.2 Å². The first-order valence-electron chi connectivity index (χ1n) is 13.6. The van der Waals surface area contributed by atoms with Gasteiger partial charge < -0.3 is 19.9 Å². The normalized spacial score (nSPS) is 13.7. The summed E-state index contributed by atoms with van der Waals surface area (Å²) in [6, 6.07) is 18.7. The van der Waals surface area contributed by atoms with Gasteiger partial charge in [-0.2, -0.15) is 0 Å². The molecule has 0 saturated heterocycles. The number of rotatable bonds is 13. The zero-order valence-corrected chi connectivity index (χ0v) is 23.6. The lowest BCUT2D eigenvalue weighted by Gasteiger charge is -2.45. The third-order valence-corrected chi connectivity index (χ3v) is 7.15. The zero-order chi connectivity index (χ0) is 28.5. The number of benzene rings is 2. The molecule has 0 aliphatic heterocycles. The molecule has 2 amide bonds. The van der Waals surface area contributed by atoms with Crippen molar-refractivity contribution in [2.24, 2.45) is 5.41 Å². The molecule has 0 radical (unpaired) electrons. The van der Waals surface area contributed by atoms with Crippen molar-refractivity contribution in [1.29, 1.82) is 0 Å². The molecule has 2 aromatic carbocycles. The lowest BCUT2D eigenvalue weighted by molar-refractivity contribution is -0.146. The number of amides is 2. The van der Waals surface area contributed by atoms with Gasteiger partial charge in [0, 0.05) is 11.8 Å². The van der Waals surface area contributed by atoms with E-state index < -0.39 is 34.8 Å². The van der Waals surface area contributed by atoms with Gasteiger partial charge in [0.1, 0.15) is 5.54 Å². The van der Waals surface area contributed by atoms with Crippen molar-refractivity contribution in [1.82, 2.24) is 20.2 Å². The summed E-state index contributed by atoms with van der Waals surface area (Å²) in [7, 11) is 0. The summed E-state index contributed by atoms with van der Waals surface area (Å²) in [5, 5.41) is 5.70. The monoisotopic (exact) mass is 532 g/mol. The van der Waals surface area contributed by atoms with Gasteiger partial charge in [-0.3, -0.25) is 9.59 Å². The smallest absolute Gasteiger partial charge is 0.408 e. The molecule has 0 saturated carbocycles. The van der Waals surface area contributed by atoms with Gasteiger partial charge in [-0.25, -0.2) is 9.78 Å². The molecule has 0 unspecified atom stereocenters. The number of aromatic nitrogens is 2. The Morgan fingerprint density at radius 1 is 0.974 bits per heavy atom. The molecule has 8 nitrogen and oxygen atoms in total. The highest BCUT2D eigenvalue weighted by atomic mass is 16.5. The van der Waals surface area contributed by atoms with Gasteiger partial charge in [-0.05, 0) is 30.7 Å². The number of alkyl carbamates (subject to hydrolysis) is 1. The maximum atomic E-state index is 14.2. The Kier molecular flexibility index (Phi) is 10.0. The van der Waals surface area contributed by atoms with Crippen LogP contribution in [0.25, 0.3) is 11.3 Å². The number of Topliss-reactive ketones (excluding diaryl/α,β-unsaturated/α-hetero) is 1. The number of ether oxygens (including phenoxy) is 1. The van der Waals surface area contributed by atoms with E-state index >= 15 is 0 Å². The van der Waals surface area contributed by atoms with E-state index in [2.05, 4.69) is 15.6 Å². The Morgan fingerprint density at radius 2 is 1.62 bits per heavy atom. The fraction of sp³-hybridized carbons (Fsp3) is 0.419. The first-order valence-corrected chi connectivity index (χ1v) is 13.6. The molecule has 3 rings (SSSR count). The van der Waals surface area contributed by atoms with Gasteiger partial charge in [-0.15, -0.1) is 0 Å². The van der Waals surface area contributed by atoms with E-state index in [1.165, 1.54) is 0 Å². The third-order valence-electron chi connectivity index (χ3n) is 7.15. The predicted molar refractivity (Wildman–Crippen MR) is 152 cm³/mol. The van der Waals surface area contributed by atoms with Gasteiger partial charge >= 0.3 is 6.09 Å². The van der Waals surface area contributed by atoms with Crippen LogP contribution in [0.4, 0.5) is 4.79 Å². The maximum absolute atomic E-state index is 14.2. The summed E-state index contributed by atoms with van der Waals surface area (Å²) < 4.78 is 7.11. The molecule has 8 heteroatoms. The lowest BCUT2D eigenvalue weighted by Crippen LogP contribution is -2.68. The summed E-state index contributed by atoms with van der Waals surface area (Å²) in [5.41, 5.74) is 0.0959. The molecule has 0 aliphatic carbocycles. The van der Waals surface area contributed by atoms with Crippen molar-refractivity contribution in [3.63, 3.8) is 0 Å². The minimum atomic E-state index is -1.61. The highest BCUT2D eigenvalue weighted by Gasteiger charge is 2.54. The molecule has 1 heterocycles. The number of imidazole rings is 1. The van der Waals surface area contributed by atoms with Crippen LogP contribution in [-0.4, -0.2) is 39.5 Å². The van der Waals surface area contributed by atoms with Gasteiger partial charge in [0.2, 0.25) is 5.78 Å². The van der Waals surface area contributed by atoms with Crippen LogP contribution in [0, 0.1) is 5.41 Å². The van der Waals surface area contributed by atoms with Gasteiger partial charge in [-0.1, -0.05) is 94.8 Å². The molecule has 39 heavy (non-hydrogen) atoms. The van der Waals surface area contributed by atoms with Crippen molar-refractivity contribution >= 4 is 17.8 Å². The molecule has 2 N–H and O–H groups in total. The molecule has 1 aromatic heterocycles. The van der Waals surface area contributed by atoms with E-state index in [4.69, 9.17) is 4.74 Å². The summed E-state index contributed by atoms with van der Waals surface area (Å²) in [4.78, 5) is 45.3. The topological polar surface area (TPSA) is 102 Å². The van der Waals surface area contributed by atoms with Gasteiger partial charge in [0.25, 0.3) is 5.91 Å². The van der Waals surface area contributed by atoms with E-state index in [0.29, 0.717) is 12.8 Å². The van der Waals surface area contributed by atoms with Crippen LogP contribution in [0.2, 0.25) is 0 Å². The van der Waals surface area contributed by atoms with E-state index in [9.17, 15) is 14.4 Å². The average molecular weight is 533 g/mol. The highest BCUT2D eigenvalue weighted by molar-refractivity contribution is 6.40. The van der Waals surface area contributed by atoms with Crippen molar-refractivity contribution in [3.05, 3.63) is 78.8 Å². The number of nitrogens with one attached hydrogen (secondary N) is 2. The van der Waals surface area contributed by atoms with Crippen molar-refractivity contribution < 1.29 is 19.1 Å². The second kappa shape index (κ2) is 13.2. The molecule has 0 aliphatic rings. The molecule has 208 valence electrons. The van der Waals surface area contributed by atoms with Crippen molar-refractivity contribution in [3.8, 4) is 11.3 Å². The summed E-state index contributed by atoms with van der Waals surface area (Å²) >= 11 is 0. The summed E-state index contributed by atoms with van der Waals surface area (Å²) in [6.45, 7) is 9.73. The van der Waals surface area contributed by atoms with Crippen LogP contribution in [0.5, 0.6) is 0 Å². The molecule has 0 spiro atoms. The van der Waals surface area contributed by atoms with E-state index in [-0.39, 0.29) is 13.2 Å². The van der Waals surface area contributed by atoms with Crippen molar-refractivity contribution in [2.45, 2.75) is 72.0 Å². The molecular weight excluding hydrogens is 492 g/mol. The van der Waals surface area contributed by atoms with Crippen LogP contribution < -0.4 is 10.6 Å². The van der Waals surface area contributed by atoms with Crippen LogP contribution in [0.3, 0.4) is 0 Å². The second-order valence-corrected chi connectivity index (χ2v) is 10.5. The van der Waals surface area contributed by atoms with Crippen LogP contribution in [0.1, 0.15) is 65.5 Å². The number of ketones is 1. The number of hydrogen-bond acceptors (Lipinski definition) is 5. The maximum Gasteiger partial charge on any atom is 0.408 e. The molecule has 0 bridgehead atoms. The van der Waals surface area contributed by atoms with E-state index in [0.717, 1.165) is 23.2 Å². The van der Waals surface area contributed by atoms with Crippen LogP contribution in [-0.2, 0) is 20.9 Å². The minimum absolute atomic E-state index is 0.00697. The second-order valence-electron chi connectivity index (χ2n) is 10.5. The molecule has 2 atom stereocenters. The van der Waals surface area contributed by atoms with Gasteiger partial charge in [0.05, 0.1) is 31.2 Å². The fourth-order valence-electron chi connectivity index (χ4n) is 4.86. The predicted octanol–water partition coefficient (Wildman–Crippen LogP) is 5.70. The minimum Gasteiger partial charge on any atom is -0.450 e. The Hall–Kier alpha value is -3.94. The first kappa shape index (κ1) is 29.6.